The van der Waals surface area contributed by atoms with E-state index in [2.05, 4.69) is 15.0 Å². The van der Waals surface area contributed by atoms with Gasteiger partial charge in [-0.25, -0.2) is 14.6 Å². The SMILES string of the molecule is CCOC(=O)N1CC[NH+](Cc2nc3c([nH]2)c(=O)[nH]c(=O)n3C)CC1. The van der Waals surface area contributed by atoms with Gasteiger partial charge in [0, 0.05) is 7.05 Å². The standard InChI is InChI=1S/C14H20N6O4/c1-3-24-14(23)20-6-4-19(5-7-20)8-9-15-10-11(16-9)18(2)13(22)17-12(10)21/h3-8H2,1-2H3,(H,15,16)(H,17,21,22)/p+1. The zero-order chi connectivity index (χ0) is 17.3. The number of carbonyl (C=O) groups is 1. The minimum atomic E-state index is -0.485. The maximum Gasteiger partial charge on any atom is 0.410 e. The lowest BCUT2D eigenvalue weighted by Gasteiger charge is -2.31. The summed E-state index contributed by atoms with van der Waals surface area (Å²) in [6.07, 6.45) is -0.276. The van der Waals surface area contributed by atoms with Crippen molar-refractivity contribution in [1.29, 1.82) is 0 Å². The van der Waals surface area contributed by atoms with Crippen molar-refractivity contribution in [2.75, 3.05) is 32.8 Å². The summed E-state index contributed by atoms with van der Waals surface area (Å²) in [6, 6.07) is 0. The Morgan fingerprint density at radius 3 is 2.67 bits per heavy atom. The Labute approximate surface area is 137 Å². The van der Waals surface area contributed by atoms with E-state index in [1.165, 1.54) is 9.47 Å². The predicted molar refractivity (Wildman–Crippen MR) is 85.0 cm³/mol. The number of nitrogens with zero attached hydrogens (tertiary/aromatic N) is 3. The van der Waals surface area contributed by atoms with Crippen molar-refractivity contribution in [2.24, 2.45) is 7.05 Å². The number of aromatic amines is 2. The summed E-state index contributed by atoms with van der Waals surface area (Å²) < 4.78 is 6.31. The summed E-state index contributed by atoms with van der Waals surface area (Å²) in [5, 5.41) is 0. The molecule has 3 heterocycles. The van der Waals surface area contributed by atoms with Crippen LogP contribution in [0.2, 0.25) is 0 Å². The third-order valence-electron chi connectivity index (χ3n) is 4.22. The fourth-order valence-electron chi connectivity index (χ4n) is 2.87. The van der Waals surface area contributed by atoms with Crippen molar-refractivity contribution in [3.63, 3.8) is 0 Å². The Balaban J connectivity index is 1.70. The van der Waals surface area contributed by atoms with Gasteiger partial charge in [0.25, 0.3) is 5.56 Å². The summed E-state index contributed by atoms with van der Waals surface area (Å²) in [5.74, 6) is 0.649. The van der Waals surface area contributed by atoms with Gasteiger partial charge in [-0.1, -0.05) is 0 Å². The number of fused-ring (bicyclic) bond motifs is 1. The molecule has 10 nitrogen and oxygen atoms in total. The van der Waals surface area contributed by atoms with Gasteiger partial charge >= 0.3 is 11.8 Å². The Hall–Kier alpha value is -2.62. The minimum absolute atomic E-state index is 0.276. The van der Waals surface area contributed by atoms with Gasteiger partial charge in [0.05, 0.1) is 32.8 Å². The first-order chi connectivity index (χ1) is 11.5. The number of aryl methyl sites for hydroxylation is 1. The number of hydrogen-bond acceptors (Lipinski definition) is 5. The van der Waals surface area contributed by atoms with Gasteiger partial charge in [-0.15, -0.1) is 0 Å². The molecule has 3 N–H and O–H groups in total. The number of imidazole rings is 1. The molecule has 0 atom stereocenters. The van der Waals surface area contributed by atoms with E-state index in [-0.39, 0.29) is 6.09 Å². The topological polar surface area (TPSA) is 118 Å². The zero-order valence-corrected chi connectivity index (χ0v) is 13.7. The van der Waals surface area contributed by atoms with Crippen LogP contribution in [0.1, 0.15) is 12.7 Å². The number of nitrogens with one attached hydrogen (secondary N) is 3. The lowest BCUT2D eigenvalue weighted by Crippen LogP contribution is -3.13. The van der Waals surface area contributed by atoms with Gasteiger partial charge in [-0.3, -0.25) is 19.2 Å². The minimum Gasteiger partial charge on any atom is -0.450 e. The van der Waals surface area contributed by atoms with E-state index < -0.39 is 11.2 Å². The highest BCUT2D eigenvalue weighted by atomic mass is 16.6. The van der Waals surface area contributed by atoms with E-state index in [4.69, 9.17) is 4.74 Å². The second-order valence-electron chi connectivity index (χ2n) is 5.81. The Kier molecular flexibility index (Phi) is 4.38. The van der Waals surface area contributed by atoms with Gasteiger partial charge < -0.3 is 14.6 Å². The summed E-state index contributed by atoms with van der Waals surface area (Å²) in [7, 11) is 1.57. The largest absolute Gasteiger partial charge is 0.450 e. The van der Waals surface area contributed by atoms with Crippen LogP contribution in [0.3, 0.4) is 0 Å². The van der Waals surface area contributed by atoms with Crippen molar-refractivity contribution in [3.05, 3.63) is 26.7 Å². The van der Waals surface area contributed by atoms with Crippen LogP contribution in [0.5, 0.6) is 0 Å². The maximum absolute atomic E-state index is 11.8. The average molecular weight is 337 g/mol. The van der Waals surface area contributed by atoms with Gasteiger partial charge in [0.2, 0.25) is 0 Å². The number of amides is 1. The highest BCUT2D eigenvalue weighted by Gasteiger charge is 2.25. The second kappa shape index (κ2) is 6.48. The molecule has 24 heavy (non-hydrogen) atoms. The van der Waals surface area contributed by atoms with Crippen LogP contribution in [0.25, 0.3) is 11.2 Å². The molecule has 1 aliphatic rings. The molecule has 3 rings (SSSR count). The van der Waals surface area contributed by atoms with Gasteiger partial charge in [-0.2, -0.15) is 0 Å². The van der Waals surface area contributed by atoms with Crippen molar-refractivity contribution >= 4 is 17.3 Å². The molecule has 10 heteroatoms. The number of hydrogen-bond donors (Lipinski definition) is 3. The van der Waals surface area contributed by atoms with Crippen molar-refractivity contribution in [3.8, 4) is 0 Å². The van der Waals surface area contributed by atoms with E-state index in [0.29, 0.717) is 43.2 Å². The number of carbonyl (C=O) groups excluding carboxylic acids is 1. The number of H-pyrrole nitrogens is 2. The summed E-state index contributed by atoms with van der Waals surface area (Å²) >= 11 is 0. The molecule has 1 aliphatic heterocycles. The van der Waals surface area contributed by atoms with Crippen LogP contribution in [-0.4, -0.2) is 63.3 Å². The first-order valence-electron chi connectivity index (χ1n) is 7.92. The lowest BCUT2D eigenvalue weighted by molar-refractivity contribution is -0.918. The molecule has 1 amide bonds. The van der Waals surface area contributed by atoms with Gasteiger partial charge in [-0.05, 0) is 6.92 Å². The smallest absolute Gasteiger partial charge is 0.410 e. The first kappa shape index (κ1) is 16.2. The molecule has 1 saturated heterocycles. The fraction of sp³-hybridized carbons (Fsp3) is 0.571. The second-order valence-corrected chi connectivity index (χ2v) is 5.81. The van der Waals surface area contributed by atoms with E-state index in [1.807, 2.05) is 0 Å². The average Bonchev–Trinajstić information content (AvgIpc) is 2.98. The number of quaternary nitrogens is 1. The summed E-state index contributed by atoms with van der Waals surface area (Å²) in [5.41, 5.74) is -0.296. The number of rotatable bonds is 3. The van der Waals surface area contributed by atoms with E-state index in [9.17, 15) is 14.4 Å². The molecule has 2 aromatic heterocycles. The first-order valence-corrected chi connectivity index (χ1v) is 7.92. The molecule has 0 aliphatic carbocycles. The molecule has 0 spiro atoms. The number of piperazine rings is 1. The van der Waals surface area contributed by atoms with Crippen LogP contribution < -0.4 is 16.1 Å². The molecule has 0 unspecified atom stereocenters. The van der Waals surface area contributed by atoms with Crippen LogP contribution >= 0.6 is 0 Å². The van der Waals surface area contributed by atoms with Crippen molar-refractivity contribution in [1.82, 2.24) is 24.4 Å². The highest BCUT2D eigenvalue weighted by Crippen LogP contribution is 2.03. The number of aromatic nitrogens is 4. The molecule has 0 bridgehead atoms. The molecule has 0 aromatic carbocycles. The molecule has 2 aromatic rings. The fourth-order valence-corrected chi connectivity index (χ4v) is 2.87. The van der Waals surface area contributed by atoms with E-state index in [0.717, 1.165) is 13.1 Å². The third-order valence-corrected chi connectivity index (χ3v) is 4.22. The van der Waals surface area contributed by atoms with Crippen LogP contribution in [0, 0.1) is 0 Å². The predicted octanol–water partition coefficient (Wildman–Crippen LogP) is -2.19. The molecule has 0 radical (unpaired) electrons. The van der Waals surface area contributed by atoms with Crippen LogP contribution in [0.15, 0.2) is 9.59 Å². The monoisotopic (exact) mass is 337 g/mol. The quantitative estimate of drug-likeness (QED) is 0.588. The van der Waals surface area contributed by atoms with Crippen LogP contribution in [0.4, 0.5) is 4.79 Å². The van der Waals surface area contributed by atoms with Gasteiger partial charge in [0.15, 0.2) is 11.5 Å². The van der Waals surface area contributed by atoms with Gasteiger partial charge in [0.1, 0.15) is 12.1 Å². The van der Waals surface area contributed by atoms with E-state index in [1.54, 1.807) is 18.9 Å². The Morgan fingerprint density at radius 2 is 2.00 bits per heavy atom. The third kappa shape index (κ3) is 3.04. The molecular formula is C14H21N6O4+. The maximum atomic E-state index is 11.8. The highest BCUT2D eigenvalue weighted by molar-refractivity contribution is 5.69. The Bertz CT molecular complexity index is 858. The normalized spacial score (nSPS) is 15.8. The summed E-state index contributed by atoms with van der Waals surface area (Å²) in [6.45, 7) is 5.53. The molecule has 0 saturated carbocycles. The molecule has 130 valence electrons. The zero-order valence-electron chi connectivity index (χ0n) is 13.7. The number of ether oxygens (including phenoxy) is 1. The van der Waals surface area contributed by atoms with E-state index >= 15 is 0 Å². The van der Waals surface area contributed by atoms with Crippen molar-refractivity contribution in [2.45, 2.75) is 13.5 Å². The molecular weight excluding hydrogens is 316 g/mol. The van der Waals surface area contributed by atoms with Crippen molar-refractivity contribution < 1.29 is 14.4 Å². The summed E-state index contributed by atoms with van der Waals surface area (Å²) in [4.78, 5) is 47.7. The molecule has 1 fully saturated rings. The lowest BCUT2D eigenvalue weighted by atomic mass is 10.3. The van der Waals surface area contributed by atoms with Crippen LogP contribution in [-0.2, 0) is 18.3 Å². The Morgan fingerprint density at radius 1 is 1.29 bits per heavy atom.